The van der Waals surface area contributed by atoms with Crippen molar-refractivity contribution in [1.29, 1.82) is 0 Å². The minimum atomic E-state index is -2.18. The van der Waals surface area contributed by atoms with Crippen molar-refractivity contribution in [3.05, 3.63) is 11.6 Å². The van der Waals surface area contributed by atoms with Crippen LogP contribution in [0.5, 0.6) is 0 Å². The smallest absolute Gasteiger partial charge is 0.237 e. The van der Waals surface area contributed by atoms with Gasteiger partial charge in [-0.2, -0.15) is 0 Å². The Morgan fingerprint density at radius 2 is 1.92 bits per heavy atom. The second kappa shape index (κ2) is 7.08. The van der Waals surface area contributed by atoms with Crippen LogP contribution in [0.4, 0.5) is 0 Å². The van der Waals surface area contributed by atoms with Crippen molar-refractivity contribution in [2.45, 2.75) is 40.0 Å². The summed E-state index contributed by atoms with van der Waals surface area (Å²) in [4.78, 5) is 0. The Balaban J connectivity index is 3.51. The summed E-state index contributed by atoms with van der Waals surface area (Å²) in [5.41, 5.74) is 1.34. The molecule has 1 unspecified atom stereocenters. The third kappa shape index (κ3) is 9.55. The van der Waals surface area contributed by atoms with E-state index in [0.29, 0.717) is 12.1 Å². The summed E-state index contributed by atoms with van der Waals surface area (Å²) in [7, 11) is -2.18. The molecule has 0 spiro atoms. The molecule has 76 valence electrons. The lowest BCUT2D eigenvalue weighted by molar-refractivity contribution is 0.490. The van der Waals surface area contributed by atoms with Gasteiger partial charge in [0.1, 0.15) is 0 Å². The molecule has 0 rings (SSSR count). The van der Waals surface area contributed by atoms with Crippen molar-refractivity contribution in [2.75, 3.05) is 6.16 Å². The molecule has 0 aliphatic rings. The Labute approximate surface area is 81.2 Å². The highest BCUT2D eigenvalue weighted by Gasteiger charge is 2.02. The molecule has 0 N–H and O–H groups in total. The van der Waals surface area contributed by atoms with E-state index in [0.717, 1.165) is 19.3 Å². The molecule has 0 amide bonds. The van der Waals surface area contributed by atoms with Crippen LogP contribution >= 0.6 is 7.68 Å². The third-order valence-corrected chi connectivity index (χ3v) is 2.64. The average Bonchev–Trinajstić information content (AvgIpc) is 2.00. The molecule has 0 aromatic heterocycles. The van der Waals surface area contributed by atoms with Crippen LogP contribution in [0.3, 0.4) is 0 Å². The van der Waals surface area contributed by atoms with Crippen LogP contribution < -0.4 is 0 Å². The van der Waals surface area contributed by atoms with E-state index in [9.17, 15) is 9.13 Å². The van der Waals surface area contributed by atoms with Crippen LogP contribution in [0.15, 0.2) is 11.6 Å². The molecule has 0 aromatic rings. The van der Waals surface area contributed by atoms with Crippen molar-refractivity contribution in [3.63, 3.8) is 0 Å². The Morgan fingerprint density at radius 1 is 1.31 bits per heavy atom. The topological polar surface area (TPSA) is 34.1 Å². The van der Waals surface area contributed by atoms with Crippen molar-refractivity contribution in [1.82, 2.24) is 0 Å². The molecular formula is C10H19O2P. The molecule has 0 fully saturated rings. The fourth-order valence-corrected chi connectivity index (χ4v) is 1.78. The molecule has 2 nitrogen and oxygen atoms in total. The summed E-state index contributed by atoms with van der Waals surface area (Å²) in [5, 5.41) is 0. The first kappa shape index (κ1) is 12.6. The van der Waals surface area contributed by atoms with E-state index in [1.165, 1.54) is 5.57 Å². The van der Waals surface area contributed by atoms with Gasteiger partial charge in [-0.15, -0.1) is 0 Å². The highest BCUT2D eigenvalue weighted by Crippen LogP contribution is 2.16. The Morgan fingerprint density at radius 3 is 2.38 bits per heavy atom. The van der Waals surface area contributed by atoms with Crippen LogP contribution in [0.1, 0.15) is 40.0 Å². The first-order valence-corrected chi connectivity index (χ1v) is 6.13. The number of allylic oxidation sites excluding steroid dienone is 2. The van der Waals surface area contributed by atoms with Crippen LogP contribution in [0, 0.1) is 5.92 Å². The summed E-state index contributed by atoms with van der Waals surface area (Å²) in [5.74, 6) is 0.517. The quantitative estimate of drug-likeness (QED) is 0.483. The molecule has 0 heterocycles. The van der Waals surface area contributed by atoms with Crippen LogP contribution in [-0.2, 0) is 9.13 Å². The van der Waals surface area contributed by atoms with Crippen molar-refractivity contribution in [3.8, 4) is 0 Å². The lowest BCUT2D eigenvalue weighted by Gasteiger charge is -2.06. The maximum atomic E-state index is 10.3. The van der Waals surface area contributed by atoms with Gasteiger partial charge in [0.2, 0.25) is 0 Å². The normalized spacial score (nSPS) is 12.2. The first-order valence-electron chi connectivity index (χ1n) is 4.77. The molecule has 0 radical (unpaired) electrons. The maximum Gasteiger partial charge on any atom is 0.315 e. The molecular weight excluding hydrogens is 183 g/mol. The van der Waals surface area contributed by atoms with Crippen molar-refractivity contribution in [2.24, 2.45) is 5.92 Å². The van der Waals surface area contributed by atoms with E-state index in [-0.39, 0.29) is 0 Å². The maximum absolute atomic E-state index is 10.3. The number of hydrogen-bond donors (Lipinski definition) is 0. The zero-order valence-corrected chi connectivity index (χ0v) is 9.64. The van der Waals surface area contributed by atoms with Gasteiger partial charge in [0.15, 0.2) is 0 Å². The summed E-state index contributed by atoms with van der Waals surface area (Å²) >= 11 is 0. The molecule has 0 saturated carbocycles. The zero-order chi connectivity index (χ0) is 10.3. The summed E-state index contributed by atoms with van der Waals surface area (Å²) < 4.78 is 20.6. The predicted molar refractivity (Wildman–Crippen MR) is 55.6 cm³/mol. The molecule has 13 heavy (non-hydrogen) atoms. The fourth-order valence-electron chi connectivity index (χ4n) is 1.13. The molecule has 0 aliphatic carbocycles. The highest BCUT2D eigenvalue weighted by atomic mass is 31.1. The third-order valence-electron chi connectivity index (χ3n) is 2.02. The van der Waals surface area contributed by atoms with Gasteiger partial charge in [0, 0.05) is 0 Å². The van der Waals surface area contributed by atoms with Gasteiger partial charge in [0.25, 0.3) is 0 Å². The minimum Gasteiger partial charge on any atom is -0.237 e. The van der Waals surface area contributed by atoms with E-state index in [4.69, 9.17) is 0 Å². The van der Waals surface area contributed by atoms with Gasteiger partial charge in [-0.05, 0) is 39.0 Å². The monoisotopic (exact) mass is 202 g/mol. The molecule has 0 aromatic carbocycles. The van der Waals surface area contributed by atoms with E-state index in [1.807, 2.05) is 0 Å². The van der Waals surface area contributed by atoms with Gasteiger partial charge >= 0.3 is 7.68 Å². The predicted octanol–water partition coefficient (Wildman–Crippen LogP) is 3.93. The van der Waals surface area contributed by atoms with Crippen LogP contribution in [-0.4, -0.2) is 6.16 Å². The van der Waals surface area contributed by atoms with E-state index >= 15 is 0 Å². The van der Waals surface area contributed by atoms with Crippen LogP contribution in [0.2, 0.25) is 0 Å². The zero-order valence-electron chi connectivity index (χ0n) is 8.75. The Hall–Kier alpha value is -0.360. The van der Waals surface area contributed by atoms with Gasteiger partial charge in [-0.3, -0.25) is 0 Å². The Kier molecular flexibility index (Phi) is 6.89. The molecule has 3 heteroatoms. The van der Waals surface area contributed by atoms with E-state index < -0.39 is 7.68 Å². The standard InChI is InChI=1S/C10H19O2P/c1-9(2)5-4-6-10(3)7-8-13(11)12/h5,10H,4,6-8H2,1-3H3. The lowest BCUT2D eigenvalue weighted by atomic mass is 10.0. The van der Waals surface area contributed by atoms with Crippen molar-refractivity contribution < 1.29 is 9.13 Å². The molecule has 0 aliphatic heterocycles. The SMILES string of the molecule is CC(C)=CCCC(C)CCP(=O)=O. The lowest BCUT2D eigenvalue weighted by Crippen LogP contribution is -1.94. The molecule has 1 atom stereocenters. The van der Waals surface area contributed by atoms with Gasteiger partial charge in [0.05, 0.1) is 6.16 Å². The van der Waals surface area contributed by atoms with Gasteiger partial charge < -0.3 is 0 Å². The second-order valence-corrected chi connectivity index (χ2v) is 4.92. The number of hydrogen-bond acceptors (Lipinski definition) is 2. The number of rotatable bonds is 6. The van der Waals surface area contributed by atoms with Crippen molar-refractivity contribution >= 4 is 7.68 Å². The Bertz CT molecular complexity index is 217. The summed E-state index contributed by atoms with van der Waals surface area (Å²) in [6.45, 7) is 6.27. The summed E-state index contributed by atoms with van der Waals surface area (Å²) in [6.07, 6.45) is 5.50. The first-order chi connectivity index (χ1) is 6.02. The van der Waals surface area contributed by atoms with Gasteiger partial charge in [-0.1, -0.05) is 18.6 Å². The largest absolute Gasteiger partial charge is 0.315 e. The second-order valence-electron chi connectivity index (χ2n) is 3.81. The van der Waals surface area contributed by atoms with Gasteiger partial charge in [-0.25, -0.2) is 9.13 Å². The summed E-state index contributed by atoms with van der Waals surface area (Å²) in [6, 6.07) is 0. The van der Waals surface area contributed by atoms with Crippen LogP contribution in [0.25, 0.3) is 0 Å². The minimum absolute atomic E-state index is 0.339. The fraction of sp³-hybridized carbons (Fsp3) is 0.800. The highest BCUT2D eigenvalue weighted by molar-refractivity contribution is 7.30. The molecule has 0 saturated heterocycles. The van der Waals surface area contributed by atoms with E-state index in [2.05, 4.69) is 26.8 Å². The molecule has 0 bridgehead atoms. The van der Waals surface area contributed by atoms with E-state index in [1.54, 1.807) is 0 Å². The average molecular weight is 202 g/mol.